The van der Waals surface area contributed by atoms with E-state index in [2.05, 4.69) is 10.6 Å². The lowest BCUT2D eigenvalue weighted by Crippen LogP contribution is -2.52. The molecule has 1 aromatic rings. The zero-order valence-corrected chi connectivity index (χ0v) is 12.4. The fourth-order valence-corrected chi connectivity index (χ4v) is 2.26. The lowest BCUT2D eigenvalue weighted by molar-refractivity contribution is -0.135. The molecule has 1 aliphatic heterocycles. The zero-order chi connectivity index (χ0) is 15.2. The number of hydrogen-bond acceptors (Lipinski definition) is 4. The Hall–Kier alpha value is -1.82. The summed E-state index contributed by atoms with van der Waals surface area (Å²) in [6.45, 7) is 4.71. The molecule has 1 aliphatic rings. The van der Waals surface area contributed by atoms with E-state index < -0.39 is 12.1 Å². The molecule has 6 nitrogen and oxygen atoms in total. The third kappa shape index (κ3) is 4.32. The minimum atomic E-state index is -0.573. The van der Waals surface area contributed by atoms with Crippen molar-refractivity contribution in [1.82, 2.24) is 10.6 Å². The van der Waals surface area contributed by atoms with Crippen LogP contribution in [0.4, 0.5) is 0 Å². The molecule has 1 saturated heterocycles. The number of ether oxygens (including phenoxy) is 1. The van der Waals surface area contributed by atoms with Crippen molar-refractivity contribution >= 4 is 11.8 Å². The van der Waals surface area contributed by atoms with E-state index in [-0.39, 0.29) is 17.7 Å². The number of carbonyl (C=O) groups is 2. The maximum absolute atomic E-state index is 12.2. The van der Waals surface area contributed by atoms with Gasteiger partial charge in [0.2, 0.25) is 11.8 Å². The van der Waals surface area contributed by atoms with Crippen molar-refractivity contribution in [3.05, 3.63) is 24.2 Å². The van der Waals surface area contributed by atoms with Crippen LogP contribution in [0.2, 0.25) is 0 Å². The van der Waals surface area contributed by atoms with Crippen LogP contribution in [0.25, 0.3) is 0 Å². The Kier molecular flexibility index (Phi) is 5.38. The second-order valence-corrected chi connectivity index (χ2v) is 5.53. The maximum Gasteiger partial charge on any atom is 0.249 e. The van der Waals surface area contributed by atoms with E-state index in [9.17, 15) is 9.59 Å². The average molecular weight is 294 g/mol. The van der Waals surface area contributed by atoms with Crippen molar-refractivity contribution in [3.63, 3.8) is 0 Å². The standard InChI is InChI=1S/C15H22N2O4/c1-10(2)13(17-14(18)12-6-4-8-21-12)15(19)16-9-11-5-3-7-20-11/h3,5,7,10,12-13H,4,6,8-9H2,1-2H3,(H,16,19)(H,17,18)/t12?,13-/m0/s1. The Morgan fingerprint density at radius 1 is 1.43 bits per heavy atom. The molecule has 1 fully saturated rings. The van der Waals surface area contributed by atoms with Gasteiger partial charge in [-0.25, -0.2) is 0 Å². The highest BCUT2D eigenvalue weighted by Crippen LogP contribution is 2.13. The predicted molar refractivity (Wildman–Crippen MR) is 76.3 cm³/mol. The van der Waals surface area contributed by atoms with Crippen molar-refractivity contribution in [3.8, 4) is 0 Å². The number of furan rings is 1. The van der Waals surface area contributed by atoms with Gasteiger partial charge >= 0.3 is 0 Å². The number of nitrogens with one attached hydrogen (secondary N) is 2. The van der Waals surface area contributed by atoms with E-state index in [1.54, 1.807) is 18.4 Å². The smallest absolute Gasteiger partial charge is 0.249 e. The summed E-state index contributed by atoms with van der Waals surface area (Å²) in [4.78, 5) is 24.3. The monoisotopic (exact) mass is 294 g/mol. The minimum Gasteiger partial charge on any atom is -0.467 e. The molecule has 2 atom stereocenters. The van der Waals surface area contributed by atoms with Crippen molar-refractivity contribution in [2.24, 2.45) is 5.92 Å². The van der Waals surface area contributed by atoms with Crippen molar-refractivity contribution in [2.75, 3.05) is 6.61 Å². The first-order valence-electron chi connectivity index (χ1n) is 7.30. The Morgan fingerprint density at radius 2 is 2.24 bits per heavy atom. The highest BCUT2D eigenvalue weighted by Gasteiger charge is 2.29. The van der Waals surface area contributed by atoms with E-state index in [1.807, 2.05) is 13.8 Å². The summed E-state index contributed by atoms with van der Waals surface area (Å²) < 4.78 is 10.5. The van der Waals surface area contributed by atoms with Crippen LogP contribution in [0.5, 0.6) is 0 Å². The van der Waals surface area contributed by atoms with Crippen LogP contribution in [0.1, 0.15) is 32.4 Å². The van der Waals surface area contributed by atoms with Gasteiger partial charge in [-0.1, -0.05) is 13.8 Å². The molecule has 116 valence electrons. The van der Waals surface area contributed by atoms with Gasteiger partial charge in [-0.2, -0.15) is 0 Å². The van der Waals surface area contributed by atoms with Gasteiger partial charge in [-0.05, 0) is 30.9 Å². The molecule has 6 heteroatoms. The number of rotatable bonds is 6. The molecule has 2 N–H and O–H groups in total. The van der Waals surface area contributed by atoms with Gasteiger partial charge in [0.1, 0.15) is 17.9 Å². The molecule has 2 amide bonds. The molecule has 21 heavy (non-hydrogen) atoms. The van der Waals surface area contributed by atoms with Gasteiger partial charge in [-0.3, -0.25) is 9.59 Å². The molecule has 2 heterocycles. The second-order valence-electron chi connectivity index (χ2n) is 5.53. The van der Waals surface area contributed by atoms with Gasteiger partial charge in [-0.15, -0.1) is 0 Å². The summed E-state index contributed by atoms with van der Waals surface area (Å²) in [6, 6.07) is 2.98. The highest BCUT2D eigenvalue weighted by molar-refractivity contribution is 5.89. The molecule has 1 unspecified atom stereocenters. The molecule has 1 aromatic heterocycles. The molecule has 0 radical (unpaired) electrons. The molecule has 2 rings (SSSR count). The molecule has 0 bridgehead atoms. The topological polar surface area (TPSA) is 80.6 Å². The van der Waals surface area contributed by atoms with E-state index in [0.717, 1.165) is 6.42 Å². The number of hydrogen-bond donors (Lipinski definition) is 2. The van der Waals surface area contributed by atoms with Crippen LogP contribution in [-0.2, 0) is 20.9 Å². The third-order valence-corrected chi connectivity index (χ3v) is 3.49. The predicted octanol–water partition coefficient (Wildman–Crippen LogP) is 1.22. The molecule has 0 aromatic carbocycles. The van der Waals surface area contributed by atoms with Crippen LogP contribution in [0.3, 0.4) is 0 Å². The average Bonchev–Trinajstić information content (AvgIpc) is 3.13. The minimum absolute atomic E-state index is 0.00745. The Bertz CT molecular complexity index is 464. The quantitative estimate of drug-likeness (QED) is 0.826. The molecular weight excluding hydrogens is 272 g/mol. The Labute approximate surface area is 124 Å². The zero-order valence-electron chi connectivity index (χ0n) is 12.4. The van der Waals surface area contributed by atoms with Crippen molar-refractivity contribution < 1.29 is 18.7 Å². The summed E-state index contributed by atoms with van der Waals surface area (Å²) in [5.41, 5.74) is 0. The second kappa shape index (κ2) is 7.26. The first-order chi connectivity index (χ1) is 10.1. The van der Waals surface area contributed by atoms with Crippen LogP contribution in [0, 0.1) is 5.92 Å². The largest absolute Gasteiger partial charge is 0.467 e. The number of carbonyl (C=O) groups excluding carboxylic acids is 2. The summed E-state index contributed by atoms with van der Waals surface area (Å²) >= 11 is 0. The van der Waals surface area contributed by atoms with Crippen LogP contribution >= 0.6 is 0 Å². The Balaban J connectivity index is 1.87. The summed E-state index contributed by atoms with van der Waals surface area (Å²) in [5, 5.41) is 5.56. The van der Waals surface area contributed by atoms with E-state index in [0.29, 0.717) is 25.3 Å². The van der Waals surface area contributed by atoms with Crippen LogP contribution < -0.4 is 10.6 Å². The Morgan fingerprint density at radius 3 is 2.81 bits per heavy atom. The van der Waals surface area contributed by atoms with E-state index >= 15 is 0 Å². The summed E-state index contributed by atoms with van der Waals surface area (Å²) in [6.07, 6.45) is 2.73. The first-order valence-corrected chi connectivity index (χ1v) is 7.30. The van der Waals surface area contributed by atoms with Gasteiger partial charge in [0.25, 0.3) is 0 Å². The first kappa shape index (κ1) is 15.6. The molecule has 0 saturated carbocycles. The lowest BCUT2D eigenvalue weighted by atomic mass is 10.0. The fourth-order valence-electron chi connectivity index (χ4n) is 2.26. The van der Waals surface area contributed by atoms with E-state index in [4.69, 9.17) is 9.15 Å². The summed E-state index contributed by atoms with van der Waals surface area (Å²) in [5.74, 6) is 0.246. The number of amides is 2. The van der Waals surface area contributed by atoms with Crippen molar-refractivity contribution in [1.29, 1.82) is 0 Å². The van der Waals surface area contributed by atoms with Gasteiger partial charge < -0.3 is 19.8 Å². The van der Waals surface area contributed by atoms with Crippen LogP contribution in [0.15, 0.2) is 22.8 Å². The SMILES string of the molecule is CC(C)[C@H](NC(=O)C1CCCO1)C(=O)NCc1ccco1. The van der Waals surface area contributed by atoms with Crippen molar-refractivity contribution in [2.45, 2.75) is 45.4 Å². The van der Waals surface area contributed by atoms with Crippen LogP contribution in [-0.4, -0.2) is 30.6 Å². The van der Waals surface area contributed by atoms with Gasteiger partial charge in [0.15, 0.2) is 0 Å². The van der Waals surface area contributed by atoms with E-state index in [1.165, 1.54) is 0 Å². The summed E-state index contributed by atoms with van der Waals surface area (Å²) in [7, 11) is 0. The third-order valence-electron chi connectivity index (χ3n) is 3.49. The maximum atomic E-state index is 12.2. The molecular formula is C15H22N2O4. The molecule has 0 aliphatic carbocycles. The van der Waals surface area contributed by atoms with Gasteiger partial charge in [0, 0.05) is 6.61 Å². The fraction of sp³-hybridized carbons (Fsp3) is 0.600. The normalized spacial score (nSPS) is 19.5. The lowest BCUT2D eigenvalue weighted by Gasteiger charge is -2.23. The highest BCUT2D eigenvalue weighted by atomic mass is 16.5. The molecule has 0 spiro atoms. The van der Waals surface area contributed by atoms with Gasteiger partial charge in [0.05, 0.1) is 12.8 Å².